The highest BCUT2D eigenvalue weighted by Crippen LogP contribution is 2.15. The fourth-order valence-electron chi connectivity index (χ4n) is 2.83. The zero-order valence-corrected chi connectivity index (χ0v) is 17.2. The van der Waals surface area contributed by atoms with E-state index in [0.717, 1.165) is 11.9 Å². The molecule has 2 aromatic carbocycles. The van der Waals surface area contributed by atoms with Gasteiger partial charge in [-0.2, -0.15) is 5.10 Å². The Kier molecular flexibility index (Phi) is 6.46. The van der Waals surface area contributed by atoms with Crippen LogP contribution in [0, 0.1) is 0 Å². The van der Waals surface area contributed by atoms with Crippen molar-refractivity contribution in [2.24, 2.45) is 0 Å². The minimum Gasteiger partial charge on any atom is -0.350 e. The SMILES string of the molecule is CCC(C)NC(=O)c1ccc(NC(=O)C(C)NC(=O)c2n[nH]c3ccccc23)cc1. The van der Waals surface area contributed by atoms with Crippen LogP contribution < -0.4 is 16.0 Å². The lowest BCUT2D eigenvalue weighted by Gasteiger charge is -2.14. The number of aromatic nitrogens is 2. The van der Waals surface area contributed by atoms with Crippen LogP contribution in [0.25, 0.3) is 10.9 Å². The molecule has 8 heteroatoms. The Morgan fingerprint density at radius 1 is 0.967 bits per heavy atom. The summed E-state index contributed by atoms with van der Waals surface area (Å²) >= 11 is 0. The molecule has 0 fully saturated rings. The zero-order valence-electron chi connectivity index (χ0n) is 17.2. The number of carbonyl (C=O) groups is 3. The minimum absolute atomic E-state index is 0.0907. The van der Waals surface area contributed by atoms with Crippen LogP contribution in [-0.4, -0.2) is 40.0 Å². The van der Waals surface area contributed by atoms with Crippen molar-refractivity contribution in [3.8, 4) is 0 Å². The van der Waals surface area contributed by atoms with E-state index in [0.29, 0.717) is 16.6 Å². The number of rotatable bonds is 7. The fourth-order valence-corrected chi connectivity index (χ4v) is 2.83. The number of fused-ring (bicyclic) bond motifs is 1. The van der Waals surface area contributed by atoms with Gasteiger partial charge in [0.2, 0.25) is 5.91 Å². The summed E-state index contributed by atoms with van der Waals surface area (Å²) in [6.45, 7) is 5.53. The highest BCUT2D eigenvalue weighted by molar-refractivity contribution is 6.07. The van der Waals surface area contributed by atoms with Crippen LogP contribution >= 0.6 is 0 Å². The normalized spacial score (nSPS) is 12.8. The van der Waals surface area contributed by atoms with Crippen molar-refractivity contribution >= 4 is 34.3 Å². The van der Waals surface area contributed by atoms with Crippen molar-refractivity contribution in [2.45, 2.75) is 39.3 Å². The molecule has 3 aromatic rings. The number of hydrogen-bond acceptors (Lipinski definition) is 4. The summed E-state index contributed by atoms with van der Waals surface area (Å²) in [6, 6.07) is 13.2. The molecule has 1 aromatic heterocycles. The van der Waals surface area contributed by atoms with E-state index < -0.39 is 11.9 Å². The van der Waals surface area contributed by atoms with Gasteiger partial charge in [0.15, 0.2) is 5.69 Å². The summed E-state index contributed by atoms with van der Waals surface area (Å²) < 4.78 is 0. The number of hydrogen-bond donors (Lipinski definition) is 4. The maximum absolute atomic E-state index is 12.5. The third kappa shape index (κ3) is 4.83. The van der Waals surface area contributed by atoms with E-state index in [4.69, 9.17) is 0 Å². The average molecular weight is 407 g/mol. The second kappa shape index (κ2) is 9.21. The maximum Gasteiger partial charge on any atom is 0.273 e. The highest BCUT2D eigenvalue weighted by atomic mass is 16.2. The lowest BCUT2D eigenvalue weighted by Crippen LogP contribution is -2.41. The molecule has 2 atom stereocenters. The minimum atomic E-state index is -0.777. The molecule has 4 N–H and O–H groups in total. The number of nitrogens with zero attached hydrogens (tertiary/aromatic N) is 1. The van der Waals surface area contributed by atoms with Gasteiger partial charge in [0.05, 0.1) is 5.52 Å². The Morgan fingerprint density at radius 3 is 2.37 bits per heavy atom. The molecule has 8 nitrogen and oxygen atoms in total. The average Bonchev–Trinajstić information content (AvgIpc) is 3.18. The molecular formula is C22H25N5O3. The van der Waals surface area contributed by atoms with E-state index in [-0.39, 0.29) is 23.6 Å². The Hall–Kier alpha value is -3.68. The third-order valence-corrected chi connectivity index (χ3v) is 4.83. The summed E-state index contributed by atoms with van der Waals surface area (Å²) in [6.07, 6.45) is 0.845. The monoisotopic (exact) mass is 407 g/mol. The fraction of sp³-hybridized carbons (Fsp3) is 0.273. The van der Waals surface area contributed by atoms with Gasteiger partial charge < -0.3 is 16.0 Å². The first kappa shape index (κ1) is 21.0. The maximum atomic E-state index is 12.5. The molecule has 3 rings (SSSR count). The van der Waals surface area contributed by atoms with Crippen molar-refractivity contribution in [2.75, 3.05) is 5.32 Å². The van der Waals surface area contributed by atoms with Gasteiger partial charge in [-0.3, -0.25) is 19.5 Å². The van der Waals surface area contributed by atoms with Crippen molar-refractivity contribution in [3.63, 3.8) is 0 Å². The van der Waals surface area contributed by atoms with Gasteiger partial charge in [-0.15, -0.1) is 0 Å². The first-order valence-corrected chi connectivity index (χ1v) is 9.84. The number of aromatic amines is 1. The van der Waals surface area contributed by atoms with Crippen molar-refractivity contribution in [1.82, 2.24) is 20.8 Å². The van der Waals surface area contributed by atoms with Crippen LogP contribution in [0.3, 0.4) is 0 Å². The largest absolute Gasteiger partial charge is 0.350 e. The van der Waals surface area contributed by atoms with Gasteiger partial charge in [0.1, 0.15) is 6.04 Å². The Labute approximate surface area is 174 Å². The number of para-hydroxylation sites is 1. The molecule has 0 saturated heterocycles. The van der Waals surface area contributed by atoms with Gasteiger partial charge >= 0.3 is 0 Å². The molecule has 0 saturated carbocycles. The smallest absolute Gasteiger partial charge is 0.273 e. The van der Waals surface area contributed by atoms with Crippen molar-refractivity contribution < 1.29 is 14.4 Å². The van der Waals surface area contributed by atoms with E-state index in [1.165, 1.54) is 0 Å². The quantitative estimate of drug-likeness (QED) is 0.482. The van der Waals surface area contributed by atoms with E-state index in [9.17, 15) is 14.4 Å². The van der Waals surface area contributed by atoms with Crippen molar-refractivity contribution in [1.29, 1.82) is 0 Å². The zero-order chi connectivity index (χ0) is 21.7. The molecule has 0 bridgehead atoms. The van der Waals surface area contributed by atoms with E-state index in [1.807, 2.05) is 32.0 Å². The Bertz CT molecular complexity index is 1060. The van der Waals surface area contributed by atoms with Gasteiger partial charge in [-0.1, -0.05) is 25.1 Å². The number of nitrogens with one attached hydrogen (secondary N) is 4. The molecule has 156 valence electrons. The Morgan fingerprint density at radius 2 is 1.67 bits per heavy atom. The molecule has 0 aliphatic carbocycles. The molecule has 2 unspecified atom stereocenters. The van der Waals surface area contributed by atoms with Crippen LogP contribution in [0.4, 0.5) is 5.69 Å². The summed E-state index contributed by atoms with van der Waals surface area (Å²) in [4.78, 5) is 37.1. The first-order chi connectivity index (χ1) is 14.4. The lowest BCUT2D eigenvalue weighted by molar-refractivity contribution is -0.117. The molecule has 3 amide bonds. The van der Waals surface area contributed by atoms with Gasteiger partial charge in [0, 0.05) is 22.7 Å². The van der Waals surface area contributed by atoms with Crippen molar-refractivity contribution in [3.05, 3.63) is 59.8 Å². The second-order valence-corrected chi connectivity index (χ2v) is 7.16. The lowest BCUT2D eigenvalue weighted by atomic mass is 10.1. The summed E-state index contributed by atoms with van der Waals surface area (Å²) in [5.41, 5.74) is 2.03. The Balaban J connectivity index is 1.59. The molecular weight excluding hydrogens is 382 g/mol. The number of amides is 3. The molecule has 1 heterocycles. The van der Waals surface area contributed by atoms with E-state index >= 15 is 0 Å². The summed E-state index contributed by atoms with van der Waals surface area (Å²) in [5.74, 6) is -0.971. The molecule has 0 aliphatic rings. The highest BCUT2D eigenvalue weighted by Gasteiger charge is 2.20. The molecule has 0 radical (unpaired) electrons. The standard InChI is InChI=1S/C22H25N5O3/c1-4-13(2)23-21(29)15-9-11-16(12-10-15)25-20(28)14(3)24-22(30)19-17-7-5-6-8-18(17)26-27-19/h5-14H,4H2,1-3H3,(H,23,29)(H,24,30)(H,25,28)(H,26,27). The number of carbonyl (C=O) groups excluding carboxylic acids is 3. The predicted molar refractivity (Wildman–Crippen MR) is 115 cm³/mol. The topological polar surface area (TPSA) is 116 Å². The number of benzene rings is 2. The molecule has 0 aliphatic heterocycles. The summed E-state index contributed by atoms with van der Waals surface area (Å²) in [5, 5.41) is 15.8. The van der Waals surface area contributed by atoms with Crippen LogP contribution in [0.1, 0.15) is 48.0 Å². The van der Waals surface area contributed by atoms with E-state index in [1.54, 1.807) is 37.3 Å². The summed E-state index contributed by atoms with van der Waals surface area (Å²) in [7, 11) is 0. The van der Waals surface area contributed by atoms with Crippen LogP contribution in [-0.2, 0) is 4.79 Å². The van der Waals surface area contributed by atoms with Crippen LogP contribution in [0.5, 0.6) is 0 Å². The van der Waals surface area contributed by atoms with Crippen LogP contribution in [0.15, 0.2) is 48.5 Å². The molecule has 30 heavy (non-hydrogen) atoms. The van der Waals surface area contributed by atoms with Gasteiger partial charge in [0.25, 0.3) is 11.8 Å². The van der Waals surface area contributed by atoms with Crippen LogP contribution in [0.2, 0.25) is 0 Å². The van der Waals surface area contributed by atoms with Gasteiger partial charge in [-0.25, -0.2) is 0 Å². The van der Waals surface area contributed by atoms with Gasteiger partial charge in [-0.05, 0) is 50.6 Å². The third-order valence-electron chi connectivity index (χ3n) is 4.83. The number of H-pyrrole nitrogens is 1. The molecule has 0 spiro atoms. The second-order valence-electron chi connectivity index (χ2n) is 7.16. The number of anilines is 1. The predicted octanol–water partition coefficient (Wildman–Crippen LogP) is 2.85. The van der Waals surface area contributed by atoms with E-state index in [2.05, 4.69) is 26.1 Å². The first-order valence-electron chi connectivity index (χ1n) is 9.84.